The molecule has 2 heterocycles. The fourth-order valence-corrected chi connectivity index (χ4v) is 2.18. The number of nitrogens with zero attached hydrogens (tertiary/aromatic N) is 4. The fraction of sp³-hybridized carbons (Fsp3) is 0.267. The van der Waals surface area contributed by atoms with Crippen molar-refractivity contribution in [2.75, 3.05) is 0 Å². The first kappa shape index (κ1) is 11.8. The summed E-state index contributed by atoms with van der Waals surface area (Å²) in [6, 6.07) is 10.1. The molecule has 0 atom stereocenters. The number of rotatable bonds is 4. The van der Waals surface area contributed by atoms with Gasteiger partial charge in [-0.3, -0.25) is 0 Å². The lowest BCUT2D eigenvalue weighted by atomic mass is 10.1. The number of hydrogen-bond acceptors (Lipinski definition) is 3. The van der Waals surface area contributed by atoms with Gasteiger partial charge < -0.3 is 4.57 Å². The second-order valence-electron chi connectivity index (χ2n) is 4.55. The third-order valence-electron chi connectivity index (χ3n) is 3.20. The highest BCUT2D eigenvalue weighted by Crippen LogP contribution is 2.23. The van der Waals surface area contributed by atoms with Crippen molar-refractivity contribution in [3.8, 4) is 11.3 Å². The molecule has 0 aliphatic carbocycles. The molecule has 4 nitrogen and oxygen atoms in total. The monoisotopic (exact) mass is 252 g/mol. The number of fused-ring (bicyclic) bond motifs is 1. The number of hydrogen-bond donors (Lipinski definition) is 0. The standard InChI is InChI=1S/C15H16N4/c1-2-3-9-19-11-18-14-13(16-10-17-15(14)19)12-7-5-4-6-8-12/h4-8,10-11H,2-3,9H2,1H3. The molecule has 0 unspecified atom stereocenters. The van der Waals surface area contributed by atoms with E-state index >= 15 is 0 Å². The molecule has 96 valence electrons. The van der Waals surface area contributed by atoms with Crippen molar-refractivity contribution in [1.82, 2.24) is 19.5 Å². The van der Waals surface area contributed by atoms with Crippen LogP contribution >= 0.6 is 0 Å². The summed E-state index contributed by atoms with van der Waals surface area (Å²) >= 11 is 0. The Bertz CT molecular complexity index is 673. The first-order valence-corrected chi connectivity index (χ1v) is 6.61. The summed E-state index contributed by atoms with van der Waals surface area (Å²) in [6.45, 7) is 3.14. The smallest absolute Gasteiger partial charge is 0.163 e. The quantitative estimate of drug-likeness (QED) is 0.715. The average molecular weight is 252 g/mol. The van der Waals surface area contributed by atoms with E-state index < -0.39 is 0 Å². The highest BCUT2D eigenvalue weighted by atomic mass is 15.1. The van der Waals surface area contributed by atoms with E-state index in [2.05, 4.69) is 26.4 Å². The van der Waals surface area contributed by atoms with Crippen molar-refractivity contribution in [3.05, 3.63) is 43.0 Å². The molecule has 0 saturated heterocycles. The molecule has 0 bridgehead atoms. The predicted octanol–water partition coefficient (Wildman–Crippen LogP) is 3.29. The van der Waals surface area contributed by atoms with E-state index in [1.54, 1.807) is 6.33 Å². The van der Waals surface area contributed by atoms with E-state index in [0.29, 0.717) is 0 Å². The van der Waals surface area contributed by atoms with Crippen molar-refractivity contribution in [3.63, 3.8) is 0 Å². The van der Waals surface area contributed by atoms with Gasteiger partial charge in [0.1, 0.15) is 17.5 Å². The molecule has 4 heteroatoms. The molecule has 1 aromatic carbocycles. The number of imidazole rings is 1. The summed E-state index contributed by atoms with van der Waals surface area (Å²) in [7, 11) is 0. The Labute approximate surface area is 112 Å². The van der Waals surface area contributed by atoms with Crippen LogP contribution in [0.5, 0.6) is 0 Å². The topological polar surface area (TPSA) is 43.6 Å². The number of aryl methyl sites for hydroxylation is 1. The zero-order valence-corrected chi connectivity index (χ0v) is 11.0. The van der Waals surface area contributed by atoms with E-state index in [0.717, 1.165) is 41.8 Å². The Morgan fingerprint density at radius 2 is 1.89 bits per heavy atom. The maximum Gasteiger partial charge on any atom is 0.163 e. The van der Waals surface area contributed by atoms with Gasteiger partial charge in [0.2, 0.25) is 0 Å². The van der Waals surface area contributed by atoms with Crippen molar-refractivity contribution in [1.29, 1.82) is 0 Å². The molecule has 0 fully saturated rings. The van der Waals surface area contributed by atoms with E-state index in [1.165, 1.54) is 0 Å². The molecule has 0 saturated carbocycles. The van der Waals surface area contributed by atoms with Gasteiger partial charge in [-0.15, -0.1) is 0 Å². The number of benzene rings is 1. The average Bonchev–Trinajstić information content (AvgIpc) is 2.89. The van der Waals surface area contributed by atoms with Crippen LogP contribution in [0.3, 0.4) is 0 Å². The lowest BCUT2D eigenvalue weighted by molar-refractivity contribution is 0.641. The van der Waals surface area contributed by atoms with Crippen LogP contribution in [0.1, 0.15) is 19.8 Å². The first-order chi connectivity index (χ1) is 9.40. The summed E-state index contributed by atoms with van der Waals surface area (Å²) in [4.78, 5) is 13.2. The van der Waals surface area contributed by atoms with Gasteiger partial charge >= 0.3 is 0 Å². The third kappa shape index (κ3) is 2.21. The molecule has 0 amide bonds. The van der Waals surface area contributed by atoms with Crippen molar-refractivity contribution >= 4 is 11.2 Å². The van der Waals surface area contributed by atoms with E-state index in [4.69, 9.17) is 0 Å². The van der Waals surface area contributed by atoms with E-state index in [9.17, 15) is 0 Å². The normalized spacial score (nSPS) is 11.0. The minimum absolute atomic E-state index is 0.879. The highest BCUT2D eigenvalue weighted by molar-refractivity contribution is 5.86. The molecule has 19 heavy (non-hydrogen) atoms. The van der Waals surface area contributed by atoms with Crippen LogP contribution in [0.4, 0.5) is 0 Å². The molecule has 0 spiro atoms. The number of aromatic nitrogens is 4. The highest BCUT2D eigenvalue weighted by Gasteiger charge is 2.10. The SMILES string of the molecule is CCCCn1cnc2c(-c3ccccc3)ncnc21. The largest absolute Gasteiger partial charge is 0.315 e. The molecular weight excluding hydrogens is 236 g/mol. The molecular formula is C15H16N4. The minimum Gasteiger partial charge on any atom is -0.315 e. The zero-order chi connectivity index (χ0) is 13.1. The Kier molecular flexibility index (Phi) is 3.23. The van der Waals surface area contributed by atoms with Gasteiger partial charge in [-0.25, -0.2) is 15.0 Å². The Balaban J connectivity index is 2.10. The lowest BCUT2D eigenvalue weighted by Crippen LogP contribution is -1.97. The van der Waals surface area contributed by atoms with Crippen molar-refractivity contribution in [2.45, 2.75) is 26.3 Å². The molecule has 2 aromatic heterocycles. The number of unbranched alkanes of at least 4 members (excludes halogenated alkanes) is 1. The van der Waals surface area contributed by atoms with Crippen molar-refractivity contribution < 1.29 is 0 Å². The second kappa shape index (κ2) is 5.18. The first-order valence-electron chi connectivity index (χ1n) is 6.61. The summed E-state index contributed by atoms with van der Waals surface area (Å²) in [5.74, 6) is 0. The van der Waals surface area contributed by atoms with E-state index in [1.807, 2.05) is 36.7 Å². The van der Waals surface area contributed by atoms with Crippen LogP contribution in [-0.2, 0) is 6.54 Å². The maximum absolute atomic E-state index is 4.49. The zero-order valence-electron chi connectivity index (χ0n) is 11.0. The summed E-state index contributed by atoms with van der Waals surface area (Å²) in [6.07, 6.45) is 5.78. The van der Waals surface area contributed by atoms with Gasteiger partial charge in [-0.1, -0.05) is 43.7 Å². The van der Waals surface area contributed by atoms with Crippen molar-refractivity contribution in [2.24, 2.45) is 0 Å². The second-order valence-corrected chi connectivity index (χ2v) is 4.55. The van der Waals surface area contributed by atoms with Gasteiger partial charge in [-0.2, -0.15) is 0 Å². The van der Waals surface area contributed by atoms with Crippen LogP contribution in [0.2, 0.25) is 0 Å². The Morgan fingerprint density at radius 1 is 1.05 bits per heavy atom. The minimum atomic E-state index is 0.879. The summed E-state index contributed by atoms with van der Waals surface area (Å²) < 4.78 is 2.10. The Hall–Kier alpha value is -2.23. The van der Waals surface area contributed by atoms with Crippen LogP contribution in [0.15, 0.2) is 43.0 Å². The van der Waals surface area contributed by atoms with Crippen LogP contribution in [0, 0.1) is 0 Å². The van der Waals surface area contributed by atoms with Crippen LogP contribution < -0.4 is 0 Å². The van der Waals surface area contributed by atoms with Gasteiger partial charge in [0, 0.05) is 12.1 Å². The lowest BCUT2D eigenvalue weighted by Gasteiger charge is -2.03. The van der Waals surface area contributed by atoms with Crippen LogP contribution in [0.25, 0.3) is 22.4 Å². The Morgan fingerprint density at radius 3 is 2.68 bits per heavy atom. The predicted molar refractivity (Wildman–Crippen MR) is 75.7 cm³/mol. The maximum atomic E-state index is 4.49. The van der Waals surface area contributed by atoms with Crippen LogP contribution in [-0.4, -0.2) is 19.5 Å². The van der Waals surface area contributed by atoms with E-state index in [-0.39, 0.29) is 0 Å². The van der Waals surface area contributed by atoms with Gasteiger partial charge in [0.05, 0.1) is 6.33 Å². The summed E-state index contributed by atoms with van der Waals surface area (Å²) in [5.41, 5.74) is 3.78. The molecule has 0 radical (unpaired) electrons. The van der Waals surface area contributed by atoms with Gasteiger partial charge in [-0.05, 0) is 6.42 Å². The molecule has 3 rings (SSSR count). The van der Waals surface area contributed by atoms with Gasteiger partial charge in [0.25, 0.3) is 0 Å². The molecule has 0 aliphatic rings. The molecule has 3 aromatic rings. The molecule has 0 N–H and O–H groups in total. The summed E-state index contributed by atoms with van der Waals surface area (Å²) in [5, 5.41) is 0. The third-order valence-corrected chi connectivity index (χ3v) is 3.20. The fourth-order valence-electron chi connectivity index (χ4n) is 2.18. The molecule has 0 aliphatic heterocycles. The van der Waals surface area contributed by atoms with Gasteiger partial charge in [0.15, 0.2) is 5.65 Å².